The molecule has 0 amide bonds. The fourth-order valence-electron chi connectivity index (χ4n) is 2.14. The van der Waals surface area contributed by atoms with Crippen molar-refractivity contribution < 1.29 is 0 Å². The molecule has 20 heavy (non-hydrogen) atoms. The van der Waals surface area contributed by atoms with E-state index >= 15 is 0 Å². The van der Waals surface area contributed by atoms with E-state index < -0.39 is 0 Å². The Labute approximate surface area is 123 Å². The van der Waals surface area contributed by atoms with E-state index in [9.17, 15) is 0 Å². The van der Waals surface area contributed by atoms with Gasteiger partial charge in [-0.05, 0) is 18.2 Å². The minimum Gasteiger partial charge on any atom is -0.378 e. The molecule has 0 aliphatic carbocycles. The van der Waals surface area contributed by atoms with E-state index in [1.807, 2.05) is 38.1 Å². The lowest BCUT2D eigenvalue weighted by Gasteiger charge is -2.12. The van der Waals surface area contributed by atoms with Crippen LogP contribution in [0.4, 0.5) is 5.69 Å². The number of hydrogen-bond donors (Lipinski definition) is 1. The average Bonchev–Trinajstić information content (AvgIpc) is 2.89. The largest absolute Gasteiger partial charge is 0.378 e. The topological polar surface area (TPSA) is 31.9 Å². The van der Waals surface area contributed by atoms with Crippen molar-refractivity contribution >= 4 is 28.4 Å². The number of rotatable bonds is 4. The highest BCUT2D eigenvalue weighted by atomic mass is 32.2. The fraction of sp³-hybridized carbons (Fsp3) is 0.188. The van der Waals surface area contributed by atoms with Crippen LogP contribution in [0.15, 0.2) is 53.7 Å². The first-order valence-corrected chi connectivity index (χ1v) is 7.54. The Hall–Kier alpha value is -1.94. The van der Waals surface area contributed by atoms with Crippen molar-refractivity contribution in [3.8, 4) is 0 Å². The van der Waals surface area contributed by atoms with E-state index in [0.717, 1.165) is 11.4 Å². The lowest BCUT2D eigenvalue weighted by atomic mass is 10.2. The van der Waals surface area contributed by atoms with Gasteiger partial charge >= 0.3 is 0 Å². The summed E-state index contributed by atoms with van der Waals surface area (Å²) >= 11 is 1.82. The number of H-pyrrole nitrogens is 1. The second-order valence-electron chi connectivity index (χ2n) is 4.89. The van der Waals surface area contributed by atoms with E-state index in [2.05, 4.69) is 51.4 Å². The first kappa shape index (κ1) is 13.1. The molecule has 0 saturated heterocycles. The molecule has 1 aromatic carbocycles. The average molecular weight is 283 g/mol. The smallest absolute Gasteiger partial charge is 0.0526 e. The van der Waals surface area contributed by atoms with E-state index in [4.69, 9.17) is 0 Å². The molecule has 0 bridgehead atoms. The Kier molecular flexibility index (Phi) is 3.65. The SMILES string of the molecule is CN(C)c1ccnc(CSc2c[nH]c3ccccc23)c1. The number of hydrogen-bond acceptors (Lipinski definition) is 3. The second kappa shape index (κ2) is 5.59. The molecular formula is C16H17N3S. The van der Waals surface area contributed by atoms with Crippen LogP contribution in [0.5, 0.6) is 0 Å². The van der Waals surface area contributed by atoms with Gasteiger partial charge in [0.05, 0.1) is 5.69 Å². The number of aromatic amines is 1. The molecule has 2 heterocycles. The Morgan fingerprint density at radius 2 is 2.05 bits per heavy atom. The number of benzene rings is 1. The molecule has 0 atom stereocenters. The van der Waals surface area contributed by atoms with Gasteiger partial charge in [-0.2, -0.15) is 0 Å². The van der Waals surface area contributed by atoms with Crippen LogP contribution in [0.1, 0.15) is 5.69 Å². The van der Waals surface area contributed by atoms with Crippen molar-refractivity contribution in [3.63, 3.8) is 0 Å². The summed E-state index contributed by atoms with van der Waals surface area (Å²) in [5, 5.41) is 1.28. The summed E-state index contributed by atoms with van der Waals surface area (Å²) in [7, 11) is 4.10. The van der Waals surface area contributed by atoms with Gasteiger partial charge in [0.25, 0.3) is 0 Å². The molecule has 0 saturated carbocycles. The van der Waals surface area contributed by atoms with Crippen LogP contribution in [0, 0.1) is 0 Å². The van der Waals surface area contributed by atoms with Crippen molar-refractivity contribution in [2.75, 3.05) is 19.0 Å². The number of pyridine rings is 1. The molecule has 4 heteroatoms. The Bertz CT molecular complexity index is 718. The van der Waals surface area contributed by atoms with E-state index in [1.54, 1.807) is 0 Å². The number of nitrogens with zero attached hydrogens (tertiary/aromatic N) is 2. The van der Waals surface area contributed by atoms with Crippen molar-refractivity contribution in [2.45, 2.75) is 10.6 Å². The highest BCUT2D eigenvalue weighted by Crippen LogP contribution is 2.30. The molecule has 0 fully saturated rings. The lowest BCUT2D eigenvalue weighted by Crippen LogP contribution is -2.09. The second-order valence-corrected chi connectivity index (χ2v) is 5.90. The molecule has 3 nitrogen and oxygen atoms in total. The third-order valence-corrected chi connectivity index (χ3v) is 4.33. The first-order valence-electron chi connectivity index (χ1n) is 6.55. The normalized spacial score (nSPS) is 10.9. The summed E-state index contributed by atoms with van der Waals surface area (Å²) in [6.45, 7) is 0. The monoisotopic (exact) mass is 283 g/mol. The van der Waals surface area contributed by atoms with Crippen LogP contribution < -0.4 is 4.90 Å². The van der Waals surface area contributed by atoms with Crippen LogP contribution in [-0.4, -0.2) is 24.1 Å². The number of aromatic nitrogens is 2. The molecule has 102 valence electrons. The van der Waals surface area contributed by atoms with Gasteiger partial charge in [-0.15, -0.1) is 11.8 Å². The number of nitrogens with one attached hydrogen (secondary N) is 1. The molecular weight excluding hydrogens is 266 g/mol. The summed E-state index contributed by atoms with van der Waals surface area (Å²) < 4.78 is 0. The van der Waals surface area contributed by atoms with Crippen LogP contribution in [-0.2, 0) is 5.75 Å². The van der Waals surface area contributed by atoms with Gasteiger partial charge in [-0.3, -0.25) is 4.98 Å². The first-order chi connectivity index (χ1) is 9.74. The minimum atomic E-state index is 0.878. The quantitative estimate of drug-likeness (QED) is 0.736. The van der Waals surface area contributed by atoms with Gasteiger partial charge in [0.1, 0.15) is 0 Å². The summed E-state index contributed by atoms with van der Waals surface area (Å²) in [5.74, 6) is 0.878. The van der Waals surface area contributed by atoms with Gasteiger partial charge in [-0.1, -0.05) is 18.2 Å². The summed E-state index contributed by atoms with van der Waals surface area (Å²) in [5.41, 5.74) is 3.48. The highest BCUT2D eigenvalue weighted by Gasteiger charge is 2.05. The van der Waals surface area contributed by atoms with Crippen LogP contribution in [0.2, 0.25) is 0 Å². The Balaban J connectivity index is 1.78. The van der Waals surface area contributed by atoms with Crippen LogP contribution in [0.25, 0.3) is 10.9 Å². The molecule has 2 aromatic heterocycles. The predicted octanol–water partition coefficient (Wildman–Crippen LogP) is 3.92. The lowest BCUT2D eigenvalue weighted by molar-refractivity contribution is 1.09. The molecule has 1 N–H and O–H groups in total. The summed E-state index contributed by atoms with van der Waals surface area (Å²) in [6.07, 6.45) is 3.95. The van der Waals surface area contributed by atoms with Crippen LogP contribution >= 0.6 is 11.8 Å². The number of anilines is 1. The van der Waals surface area contributed by atoms with Gasteiger partial charge in [0.15, 0.2) is 0 Å². The van der Waals surface area contributed by atoms with Gasteiger partial charge in [0, 0.05) is 53.7 Å². The number of para-hydroxylation sites is 1. The molecule has 0 aliphatic rings. The zero-order valence-electron chi connectivity index (χ0n) is 11.6. The van der Waals surface area contributed by atoms with Gasteiger partial charge in [-0.25, -0.2) is 0 Å². The zero-order chi connectivity index (χ0) is 13.9. The van der Waals surface area contributed by atoms with E-state index in [-0.39, 0.29) is 0 Å². The van der Waals surface area contributed by atoms with Crippen molar-refractivity contribution in [3.05, 3.63) is 54.5 Å². The molecule has 3 aromatic rings. The summed E-state index contributed by atoms with van der Waals surface area (Å²) in [4.78, 5) is 11.1. The maximum Gasteiger partial charge on any atom is 0.0526 e. The maximum absolute atomic E-state index is 4.44. The summed E-state index contributed by atoms with van der Waals surface area (Å²) in [6, 6.07) is 12.5. The Morgan fingerprint density at radius 1 is 1.20 bits per heavy atom. The number of thioether (sulfide) groups is 1. The molecule has 3 rings (SSSR count). The highest BCUT2D eigenvalue weighted by molar-refractivity contribution is 7.98. The molecule has 0 spiro atoms. The van der Waals surface area contributed by atoms with Crippen molar-refractivity contribution in [1.29, 1.82) is 0 Å². The van der Waals surface area contributed by atoms with Gasteiger partial charge in [0.2, 0.25) is 0 Å². The molecule has 0 radical (unpaired) electrons. The predicted molar refractivity (Wildman–Crippen MR) is 86.4 cm³/mol. The standard InChI is InChI=1S/C16H17N3S/c1-19(2)13-7-8-17-12(9-13)11-20-16-10-18-15-6-4-3-5-14(15)16/h3-10,18H,11H2,1-2H3. The third-order valence-electron chi connectivity index (χ3n) is 3.24. The number of fused-ring (bicyclic) bond motifs is 1. The Morgan fingerprint density at radius 3 is 2.90 bits per heavy atom. The zero-order valence-corrected chi connectivity index (χ0v) is 12.4. The maximum atomic E-state index is 4.44. The molecule has 0 aliphatic heterocycles. The van der Waals surface area contributed by atoms with E-state index in [0.29, 0.717) is 0 Å². The molecule has 0 unspecified atom stereocenters. The fourth-order valence-corrected chi connectivity index (χ4v) is 3.08. The van der Waals surface area contributed by atoms with Crippen molar-refractivity contribution in [1.82, 2.24) is 9.97 Å². The van der Waals surface area contributed by atoms with Crippen molar-refractivity contribution in [2.24, 2.45) is 0 Å². The van der Waals surface area contributed by atoms with Gasteiger partial charge < -0.3 is 9.88 Å². The third kappa shape index (κ3) is 2.65. The minimum absolute atomic E-state index is 0.878. The van der Waals surface area contributed by atoms with E-state index in [1.165, 1.54) is 21.5 Å². The van der Waals surface area contributed by atoms with Crippen LogP contribution in [0.3, 0.4) is 0 Å².